The van der Waals surface area contributed by atoms with Crippen molar-refractivity contribution in [3.63, 3.8) is 0 Å². The summed E-state index contributed by atoms with van der Waals surface area (Å²) >= 11 is 0. The Labute approximate surface area is 349 Å². The summed E-state index contributed by atoms with van der Waals surface area (Å²) < 4.78 is 66.1. The first-order chi connectivity index (χ1) is 28.5. The SMILES string of the molecule is CO[C@H]1O[C@H](COCc2ccccc2)[C@@H](O[C@@H]2O[C@@H]3COC(c4ccccc4)O[C@H]3[C@H](O[Si](C)(C)C(C)(C)C)[C@@H]2O)[C@H](OCc2ccccc2)[C@H]1OCc1ccccc1. The van der Waals surface area contributed by atoms with Gasteiger partial charge in [0, 0.05) is 12.7 Å². The largest absolute Gasteiger partial charge is 0.408 e. The third kappa shape index (κ3) is 10.9. The smallest absolute Gasteiger partial charge is 0.192 e. The Morgan fingerprint density at radius 3 is 1.75 bits per heavy atom. The normalized spacial score (nSPS) is 30.1. The minimum absolute atomic E-state index is 0.125. The van der Waals surface area contributed by atoms with Gasteiger partial charge in [0.2, 0.25) is 0 Å². The van der Waals surface area contributed by atoms with Crippen LogP contribution in [0, 0.1) is 0 Å². The molecule has 1 unspecified atom stereocenters. The first kappa shape index (κ1) is 43.7. The van der Waals surface area contributed by atoms with Crippen LogP contribution in [0.1, 0.15) is 49.3 Å². The molecule has 3 saturated heterocycles. The Morgan fingerprint density at radius 2 is 1.19 bits per heavy atom. The van der Waals surface area contributed by atoms with Crippen LogP contribution in [-0.2, 0) is 66.9 Å². The predicted molar refractivity (Wildman–Crippen MR) is 223 cm³/mol. The Balaban J connectivity index is 1.21. The zero-order valence-electron chi connectivity index (χ0n) is 35.0. The van der Waals surface area contributed by atoms with Gasteiger partial charge < -0.3 is 52.2 Å². The topological polar surface area (TPSA) is 113 Å². The van der Waals surface area contributed by atoms with Crippen molar-refractivity contribution in [1.82, 2.24) is 0 Å². The summed E-state index contributed by atoms with van der Waals surface area (Å²) in [5.41, 5.74) is 3.83. The number of hydrogen-bond donors (Lipinski definition) is 1. The highest BCUT2D eigenvalue weighted by Gasteiger charge is 2.56. The molecule has 318 valence electrons. The maximum absolute atomic E-state index is 12.5. The Bertz CT molecular complexity index is 1830. The molecule has 0 aliphatic carbocycles. The van der Waals surface area contributed by atoms with Crippen LogP contribution in [0.5, 0.6) is 0 Å². The molecule has 3 aliphatic heterocycles. The summed E-state index contributed by atoms with van der Waals surface area (Å²) in [4.78, 5) is 0. The molecule has 0 bridgehead atoms. The van der Waals surface area contributed by atoms with Gasteiger partial charge in [-0.05, 0) is 34.8 Å². The number of aliphatic hydroxyl groups excluding tert-OH is 1. The summed E-state index contributed by atoms with van der Waals surface area (Å²) in [5.74, 6) is 0. The van der Waals surface area contributed by atoms with Gasteiger partial charge in [0.05, 0.1) is 33.0 Å². The van der Waals surface area contributed by atoms with Crippen molar-refractivity contribution in [3.05, 3.63) is 144 Å². The van der Waals surface area contributed by atoms with Gasteiger partial charge in [0.1, 0.15) is 48.8 Å². The summed E-state index contributed by atoms with van der Waals surface area (Å²) in [7, 11) is -0.900. The fraction of sp³-hybridized carbons (Fsp3) is 0.489. The van der Waals surface area contributed by atoms with Crippen LogP contribution in [0.4, 0.5) is 0 Å². The van der Waals surface area contributed by atoms with Gasteiger partial charge in [-0.3, -0.25) is 0 Å². The first-order valence-corrected chi connectivity index (χ1v) is 23.5. The highest BCUT2D eigenvalue weighted by Crippen LogP contribution is 2.43. The second-order valence-corrected chi connectivity index (χ2v) is 21.7. The van der Waals surface area contributed by atoms with Gasteiger partial charge in [0.25, 0.3) is 0 Å². The minimum atomic E-state index is -2.49. The summed E-state index contributed by atoms with van der Waals surface area (Å²) in [5, 5.41) is 12.3. The fourth-order valence-electron chi connectivity index (χ4n) is 7.39. The van der Waals surface area contributed by atoms with Crippen molar-refractivity contribution < 1.29 is 52.2 Å². The predicted octanol–water partition coefficient (Wildman–Crippen LogP) is 7.72. The monoisotopic (exact) mass is 828 g/mol. The van der Waals surface area contributed by atoms with Crippen LogP contribution in [0.15, 0.2) is 121 Å². The van der Waals surface area contributed by atoms with Gasteiger partial charge in [-0.25, -0.2) is 0 Å². The van der Waals surface area contributed by atoms with Crippen molar-refractivity contribution in [2.45, 2.75) is 126 Å². The fourth-order valence-corrected chi connectivity index (χ4v) is 8.70. The average Bonchev–Trinajstić information content (AvgIpc) is 3.25. The highest BCUT2D eigenvalue weighted by atomic mass is 28.4. The molecule has 0 radical (unpaired) electrons. The molecule has 3 heterocycles. The number of benzene rings is 4. The van der Waals surface area contributed by atoms with E-state index in [4.69, 9.17) is 47.1 Å². The van der Waals surface area contributed by atoms with E-state index in [0.29, 0.717) is 6.61 Å². The molecule has 4 aromatic rings. The lowest BCUT2D eigenvalue weighted by atomic mass is 9.96. The van der Waals surface area contributed by atoms with Crippen LogP contribution in [0.2, 0.25) is 18.1 Å². The van der Waals surface area contributed by atoms with Crippen LogP contribution in [-0.4, -0.2) is 95.2 Å². The molecule has 11 nitrogen and oxygen atoms in total. The molecule has 0 spiro atoms. The Hall–Kier alpha value is -3.34. The Morgan fingerprint density at radius 1 is 0.644 bits per heavy atom. The number of ether oxygens (including phenoxy) is 9. The van der Waals surface area contributed by atoms with Crippen LogP contribution in [0.25, 0.3) is 0 Å². The van der Waals surface area contributed by atoms with Crippen LogP contribution < -0.4 is 0 Å². The van der Waals surface area contributed by atoms with Crippen molar-refractivity contribution in [2.24, 2.45) is 0 Å². The van der Waals surface area contributed by atoms with E-state index in [-0.39, 0.29) is 31.5 Å². The van der Waals surface area contributed by atoms with Crippen LogP contribution >= 0.6 is 0 Å². The van der Waals surface area contributed by atoms with E-state index < -0.39 is 76.0 Å². The molecule has 11 atom stereocenters. The van der Waals surface area contributed by atoms with Gasteiger partial charge in [-0.15, -0.1) is 0 Å². The van der Waals surface area contributed by atoms with E-state index in [2.05, 4.69) is 33.9 Å². The molecule has 4 aromatic carbocycles. The lowest BCUT2D eigenvalue weighted by molar-refractivity contribution is -0.388. The zero-order valence-corrected chi connectivity index (χ0v) is 36.0. The summed E-state index contributed by atoms with van der Waals surface area (Å²) in [6, 6.07) is 39.5. The molecule has 0 aromatic heterocycles. The third-order valence-corrected chi connectivity index (χ3v) is 16.2. The first-order valence-electron chi connectivity index (χ1n) is 20.6. The highest BCUT2D eigenvalue weighted by molar-refractivity contribution is 6.74. The number of rotatable bonds is 16. The molecule has 7 rings (SSSR count). The van der Waals surface area contributed by atoms with Crippen molar-refractivity contribution in [3.8, 4) is 0 Å². The summed E-state index contributed by atoms with van der Waals surface area (Å²) in [6.07, 6.45) is -9.10. The molecule has 3 fully saturated rings. The van der Waals surface area contributed by atoms with Gasteiger partial charge in [0.15, 0.2) is 27.2 Å². The minimum Gasteiger partial charge on any atom is -0.408 e. The molecular formula is C47H60O11Si. The lowest BCUT2D eigenvalue weighted by Gasteiger charge is -2.52. The molecule has 3 aliphatic rings. The number of aliphatic hydroxyl groups is 1. The Kier molecular flexibility index (Phi) is 14.8. The van der Waals surface area contributed by atoms with E-state index >= 15 is 0 Å². The second kappa shape index (κ2) is 20.0. The second-order valence-electron chi connectivity index (χ2n) is 17.0. The lowest BCUT2D eigenvalue weighted by Crippen LogP contribution is -2.68. The van der Waals surface area contributed by atoms with E-state index in [1.807, 2.05) is 121 Å². The van der Waals surface area contributed by atoms with E-state index in [1.165, 1.54) is 0 Å². The van der Waals surface area contributed by atoms with Crippen molar-refractivity contribution in [2.75, 3.05) is 20.3 Å². The van der Waals surface area contributed by atoms with E-state index in [1.54, 1.807) is 7.11 Å². The van der Waals surface area contributed by atoms with Gasteiger partial charge in [-0.1, -0.05) is 142 Å². The van der Waals surface area contributed by atoms with Crippen molar-refractivity contribution >= 4 is 8.32 Å². The average molecular weight is 829 g/mol. The molecule has 1 N–H and O–H groups in total. The third-order valence-electron chi connectivity index (χ3n) is 11.7. The standard InChI is InChI=1S/C47H60O11Si/c1-47(2,3)59(5,6)58-41-38(48)45(54-37-31-53-44(56-39(37)41)35-25-17-10-18-26-35)57-40-36(30-50-27-32-19-11-7-12-20-32)55-46(49-4)43(52-29-34-23-15-9-16-24-34)42(40)51-28-33-21-13-8-14-22-33/h7-26,36-46,48H,27-31H2,1-6H3/t36-,37-,38+,39-,40-,41-,42+,43-,44?,45+,46+/m1/s1. The van der Waals surface area contributed by atoms with Crippen LogP contribution in [0.3, 0.4) is 0 Å². The molecule has 59 heavy (non-hydrogen) atoms. The van der Waals surface area contributed by atoms with E-state index in [0.717, 1.165) is 22.3 Å². The molecule has 12 heteroatoms. The van der Waals surface area contributed by atoms with Gasteiger partial charge in [-0.2, -0.15) is 0 Å². The van der Waals surface area contributed by atoms with Crippen molar-refractivity contribution in [1.29, 1.82) is 0 Å². The molecule has 0 saturated carbocycles. The zero-order chi connectivity index (χ0) is 41.4. The number of fused-ring (bicyclic) bond motifs is 1. The number of methoxy groups -OCH3 is 1. The maximum atomic E-state index is 12.5. The van der Waals surface area contributed by atoms with E-state index in [9.17, 15) is 5.11 Å². The molecule has 0 amide bonds. The maximum Gasteiger partial charge on any atom is 0.192 e. The molecular weight excluding hydrogens is 769 g/mol. The number of hydrogen-bond acceptors (Lipinski definition) is 11. The van der Waals surface area contributed by atoms with Gasteiger partial charge >= 0.3 is 0 Å². The summed E-state index contributed by atoms with van der Waals surface area (Å²) in [6.45, 7) is 12.0. The quantitative estimate of drug-likeness (QED) is 0.112.